The SMILES string of the molecule is O=C(O)CCSc1nc2c([AsH2])c(-c3ccc(O)c(N(CC(=O)CO)CC(O)CO)c3)c([AsH2])cc2o1. The Morgan fingerprint density at radius 2 is 1.94 bits per heavy atom. The number of phenolic OH excluding ortho intramolecular Hbond substituents is 1. The van der Waals surface area contributed by atoms with Gasteiger partial charge in [-0.05, 0) is 0 Å². The van der Waals surface area contributed by atoms with E-state index < -0.39 is 31.1 Å². The molecule has 0 aliphatic heterocycles. The number of carbonyl (C=O) groups is 2. The first-order valence-corrected chi connectivity index (χ1v) is 13.9. The number of carboxylic acids is 1. The number of phenols is 1. The van der Waals surface area contributed by atoms with Gasteiger partial charge in [0.05, 0.1) is 0 Å². The fourth-order valence-electron chi connectivity index (χ4n) is 3.45. The number of aliphatic hydroxyl groups excluding tert-OH is 3. The summed E-state index contributed by atoms with van der Waals surface area (Å²) < 4.78 is 7.66. The van der Waals surface area contributed by atoms with Crippen molar-refractivity contribution in [2.24, 2.45) is 0 Å². The van der Waals surface area contributed by atoms with Crippen molar-refractivity contribution in [3.63, 3.8) is 0 Å². The van der Waals surface area contributed by atoms with Crippen LogP contribution in [0.15, 0.2) is 33.9 Å². The fraction of sp³-hybridized carbons (Fsp3) is 0.318. The van der Waals surface area contributed by atoms with Crippen LogP contribution in [-0.4, -0.2) is 114 Å². The molecule has 10 nitrogen and oxygen atoms in total. The van der Waals surface area contributed by atoms with E-state index in [-0.39, 0.29) is 30.9 Å². The Morgan fingerprint density at radius 3 is 2.60 bits per heavy atom. The van der Waals surface area contributed by atoms with Gasteiger partial charge in [0.1, 0.15) is 0 Å². The molecule has 0 fully saturated rings. The number of aliphatic carboxylic acids is 1. The maximum atomic E-state index is 11.9. The van der Waals surface area contributed by atoms with Crippen molar-refractivity contribution in [2.45, 2.75) is 17.7 Å². The van der Waals surface area contributed by atoms with E-state index in [0.29, 0.717) is 22.1 Å². The van der Waals surface area contributed by atoms with Gasteiger partial charge in [-0.15, -0.1) is 0 Å². The van der Waals surface area contributed by atoms with Crippen LogP contribution in [-0.2, 0) is 9.59 Å². The van der Waals surface area contributed by atoms with Gasteiger partial charge in [0.25, 0.3) is 0 Å². The minimum atomic E-state index is -1.15. The molecule has 2 aromatic carbocycles. The van der Waals surface area contributed by atoms with Crippen molar-refractivity contribution in [3.05, 3.63) is 24.3 Å². The summed E-state index contributed by atoms with van der Waals surface area (Å²) in [6, 6.07) is 6.80. The number of rotatable bonds is 12. The van der Waals surface area contributed by atoms with Gasteiger partial charge in [0, 0.05) is 0 Å². The number of carboxylic acid groups (broad SMARTS) is 1. The topological polar surface area (TPSA) is 165 Å². The summed E-state index contributed by atoms with van der Waals surface area (Å²) in [5, 5.41) is 48.2. The summed E-state index contributed by atoms with van der Waals surface area (Å²) in [6.45, 7) is -1.59. The zero-order valence-corrected chi connectivity index (χ0v) is 24.2. The second kappa shape index (κ2) is 12.3. The monoisotopic (exact) mass is 628 g/mol. The molecule has 0 aliphatic carbocycles. The molecule has 0 aliphatic rings. The number of Topliss-reactive ketones (excluding diaryl/α,β-unsaturated/α-hetero) is 1. The molecule has 3 atom stereocenters. The van der Waals surface area contributed by atoms with Crippen molar-refractivity contribution in [3.8, 4) is 16.9 Å². The summed E-state index contributed by atoms with van der Waals surface area (Å²) in [5.74, 6) is -1.17. The molecule has 3 unspecified atom stereocenters. The first-order valence-electron chi connectivity index (χ1n) is 10.5. The van der Waals surface area contributed by atoms with Crippen molar-refractivity contribution < 1.29 is 39.5 Å². The number of fused-ring (bicyclic) bond motifs is 1. The molecule has 0 radical (unpaired) electrons. The van der Waals surface area contributed by atoms with E-state index in [1.165, 1.54) is 56.4 Å². The molecule has 3 aromatic rings. The van der Waals surface area contributed by atoms with Gasteiger partial charge < -0.3 is 0 Å². The van der Waals surface area contributed by atoms with E-state index >= 15 is 0 Å². The summed E-state index contributed by atoms with van der Waals surface area (Å²) in [7, 11) is 0. The quantitative estimate of drug-likeness (QED) is 0.111. The molecule has 188 valence electrons. The molecule has 3 rings (SSSR count). The minimum absolute atomic E-state index is 0.00372. The molecule has 1 heterocycles. The Bertz CT molecular complexity index is 1240. The van der Waals surface area contributed by atoms with Crippen LogP contribution in [0.1, 0.15) is 6.42 Å². The number of aromatic hydroxyl groups is 1. The molecule has 35 heavy (non-hydrogen) atoms. The Morgan fingerprint density at radius 1 is 1.20 bits per heavy atom. The zero-order chi connectivity index (χ0) is 25.7. The van der Waals surface area contributed by atoms with Crippen molar-refractivity contribution >= 4 is 82.7 Å². The van der Waals surface area contributed by atoms with Gasteiger partial charge in [-0.2, -0.15) is 0 Å². The van der Waals surface area contributed by atoms with Gasteiger partial charge in [-0.1, -0.05) is 0 Å². The second-order valence-corrected chi connectivity index (χ2v) is 11.3. The number of aliphatic hydroxyl groups is 3. The number of thioether (sulfide) groups is 1. The number of ketones is 1. The Hall–Kier alpha value is -2.00. The molecule has 5 N–H and O–H groups in total. The van der Waals surface area contributed by atoms with E-state index in [2.05, 4.69) is 4.98 Å². The van der Waals surface area contributed by atoms with Crippen molar-refractivity contribution in [1.29, 1.82) is 0 Å². The van der Waals surface area contributed by atoms with Gasteiger partial charge in [-0.3, -0.25) is 0 Å². The summed E-state index contributed by atoms with van der Waals surface area (Å²) >= 11 is 3.91. The average Bonchev–Trinajstić information content (AvgIpc) is 3.22. The number of nitrogens with zero attached hydrogens (tertiary/aromatic N) is 2. The zero-order valence-electron chi connectivity index (χ0n) is 18.5. The molecule has 0 amide bonds. The molecule has 0 spiro atoms. The van der Waals surface area contributed by atoms with E-state index in [4.69, 9.17) is 9.52 Å². The first-order chi connectivity index (χ1) is 16.6. The van der Waals surface area contributed by atoms with Crippen LogP contribution < -0.4 is 13.6 Å². The Balaban J connectivity index is 2.03. The van der Waals surface area contributed by atoms with E-state index in [1.54, 1.807) is 12.1 Å². The molecular formula is C22H26As2N2O8S. The van der Waals surface area contributed by atoms with Crippen LogP contribution in [0.4, 0.5) is 5.69 Å². The van der Waals surface area contributed by atoms with Gasteiger partial charge in [0.2, 0.25) is 0 Å². The van der Waals surface area contributed by atoms with Gasteiger partial charge in [0.15, 0.2) is 0 Å². The van der Waals surface area contributed by atoms with E-state index in [9.17, 15) is 30.0 Å². The number of hydrogen-bond donors (Lipinski definition) is 5. The summed E-state index contributed by atoms with van der Waals surface area (Å²) in [4.78, 5) is 28.7. The third-order valence-corrected chi connectivity index (χ3v) is 8.03. The van der Waals surface area contributed by atoms with E-state index in [0.717, 1.165) is 19.8 Å². The van der Waals surface area contributed by atoms with Crippen LogP contribution in [0.25, 0.3) is 22.2 Å². The molecule has 1 aromatic heterocycles. The fourth-order valence-corrected chi connectivity index (χ4v) is 7.07. The molecule has 0 bridgehead atoms. The predicted octanol–water partition coefficient (Wildman–Crippen LogP) is -2.00. The average molecular weight is 628 g/mol. The number of carbonyl (C=O) groups excluding carboxylic acids is 1. The van der Waals surface area contributed by atoms with Crippen LogP contribution in [0, 0.1) is 0 Å². The third-order valence-electron chi connectivity index (χ3n) is 5.07. The van der Waals surface area contributed by atoms with Crippen molar-refractivity contribution in [1.82, 2.24) is 4.98 Å². The third kappa shape index (κ3) is 6.82. The number of oxazole rings is 1. The van der Waals surface area contributed by atoms with Gasteiger partial charge in [-0.25, -0.2) is 0 Å². The standard InChI is InChI=1S/C22H26As2N2O8S/c23-14-6-17-21(25-22(34-17)35-4-3-18(32)33)20(24)19(14)11-1-2-16(31)15(5-11)26(7-12(29)9-27)8-13(30)10-28/h1-2,5-6,12,27-29,31H,3-4,7-10,23-24H2,(H,32,33). The summed E-state index contributed by atoms with van der Waals surface area (Å²) in [6.07, 6.45) is -1.15. The Labute approximate surface area is 222 Å². The maximum absolute atomic E-state index is 11.9. The number of hydrogen-bond acceptors (Lipinski definition) is 10. The van der Waals surface area contributed by atoms with Crippen LogP contribution >= 0.6 is 11.8 Å². The molecular weight excluding hydrogens is 602 g/mol. The molecule has 13 heteroatoms. The van der Waals surface area contributed by atoms with E-state index in [1.807, 2.05) is 6.07 Å². The van der Waals surface area contributed by atoms with Gasteiger partial charge >= 0.3 is 223 Å². The Kier molecular flexibility index (Phi) is 9.69. The number of aromatic nitrogens is 1. The number of benzene rings is 2. The predicted molar refractivity (Wildman–Crippen MR) is 138 cm³/mol. The molecule has 0 saturated heterocycles. The summed E-state index contributed by atoms with van der Waals surface area (Å²) in [5.41, 5.74) is 3.19. The van der Waals surface area contributed by atoms with Crippen LogP contribution in [0.2, 0.25) is 0 Å². The van der Waals surface area contributed by atoms with Crippen LogP contribution in [0.3, 0.4) is 0 Å². The van der Waals surface area contributed by atoms with Crippen molar-refractivity contribution in [2.75, 3.05) is 37.0 Å². The first kappa shape index (κ1) is 27.6. The van der Waals surface area contributed by atoms with Crippen LogP contribution in [0.5, 0.6) is 5.75 Å². The number of anilines is 1. The normalized spacial score (nSPS) is 12.1. The molecule has 0 saturated carbocycles. The second-order valence-electron chi connectivity index (χ2n) is 7.69.